The van der Waals surface area contributed by atoms with Crippen LogP contribution in [0.2, 0.25) is 5.02 Å². The van der Waals surface area contributed by atoms with E-state index in [4.69, 9.17) is 11.6 Å². The predicted octanol–water partition coefficient (Wildman–Crippen LogP) is 5.57. The third-order valence-corrected chi connectivity index (χ3v) is 6.56. The van der Waals surface area contributed by atoms with E-state index in [0.29, 0.717) is 4.83 Å². The van der Waals surface area contributed by atoms with E-state index >= 15 is 0 Å². The van der Waals surface area contributed by atoms with Gasteiger partial charge in [-0.3, -0.25) is 0 Å². The van der Waals surface area contributed by atoms with Gasteiger partial charge in [0.2, 0.25) is 0 Å². The lowest BCUT2D eigenvalue weighted by molar-refractivity contribution is 0.689. The maximum atomic E-state index is 6.24. The van der Waals surface area contributed by atoms with Crippen LogP contribution in [0.25, 0.3) is 0 Å². The monoisotopic (exact) mass is 326 g/mol. The summed E-state index contributed by atoms with van der Waals surface area (Å²) in [5.74, 6) is 0. The minimum absolute atomic E-state index is 0.260. The molecule has 0 N–H and O–H groups in total. The van der Waals surface area contributed by atoms with E-state index in [0.717, 1.165) is 5.02 Å². The van der Waals surface area contributed by atoms with Gasteiger partial charge in [0.25, 0.3) is 0 Å². The average molecular weight is 328 g/mol. The highest BCUT2D eigenvalue weighted by atomic mass is 79.9. The molecule has 0 bridgehead atoms. The normalized spacial score (nSPS) is 18.9. The fourth-order valence-corrected chi connectivity index (χ4v) is 5.01. The van der Waals surface area contributed by atoms with Gasteiger partial charge in [-0.05, 0) is 29.9 Å². The van der Waals surface area contributed by atoms with E-state index in [1.165, 1.54) is 23.3 Å². The van der Waals surface area contributed by atoms with Crippen LogP contribution >= 0.6 is 38.9 Å². The highest BCUT2D eigenvalue weighted by molar-refractivity contribution is 9.09. The van der Waals surface area contributed by atoms with Crippen molar-refractivity contribution in [2.45, 2.75) is 23.1 Å². The van der Waals surface area contributed by atoms with Gasteiger partial charge in [-0.25, -0.2) is 0 Å². The summed E-state index contributed by atoms with van der Waals surface area (Å²) in [4.78, 5) is 1.60. The first-order valence-corrected chi connectivity index (χ1v) is 7.84. The van der Waals surface area contributed by atoms with Crippen molar-refractivity contribution >= 4 is 38.9 Å². The Morgan fingerprint density at radius 3 is 2.41 bits per heavy atom. The van der Waals surface area contributed by atoms with Crippen molar-refractivity contribution in [3.05, 3.63) is 57.2 Å². The van der Waals surface area contributed by atoms with E-state index in [-0.39, 0.29) is 5.41 Å². The Balaban J connectivity index is 1.97. The molecule has 1 aliphatic carbocycles. The Bertz CT molecular complexity index is 516. The maximum Gasteiger partial charge on any atom is 0.0600 e. The van der Waals surface area contributed by atoms with Crippen molar-refractivity contribution in [3.63, 3.8) is 0 Å². The van der Waals surface area contributed by atoms with Crippen molar-refractivity contribution in [1.29, 1.82) is 0 Å². The summed E-state index contributed by atoms with van der Waals surface area (Å²) in [5.41, 5.74) is 1.68. The summed E-state index contributed by atoms with van der Waals surface area (Å²) in [7, 11) is 0. The Morgan fingerprint density at radius 1 is 1.18 bits per heavy atom. The molecule has 0 nitrogen and oxygen atoms in total. The van der Waals surface area contributed by atoms with Gasteiger partial charge in [0.05, 0.1) is 9.85 Å². The lowest BCUT2D eigenvalue weighted by Crippen LogP contribution is -2.12. The van der Waals surface area contributed by atoms with Crippen LogP contribution in [0.5, 0.6) is 0 Å². The summed E-state index contributed by atoms with van der Waals surface area (Å²) in [5, 5.41) is 2.95. The minimum Gasteiger partial charge on any atom is -0.146 e. The number of alkyl halides is 1. The second-order valence-electron chi connectivity index (χ2n) is 4.52. The van der Waals surface area contributed by atoms with Crippen molar-refractivity contribution in [2.24, 2.45) is 0 Å². The molecule has 17 heavy (non-hydrogen) atoms. The second kappa shape index (κ2) is 4.42. The molecule has 1 saturated carbocycles. The summed E-state index contributed by atoms with van der Waals surface area (Å²) in [6.07, 6.45) is 2.47. The van der Waals surface area contributed by atoms with Crippen molar-refractivity contribution in [1.82, 2.24) is 0 Å². The number of hydrogen-bond donors (Lipinski definition) is 0. The van der Waals surface area contributed by atoms with Gasteiger partial charge >= 0.3 is 0 Å². The van der Waals surface area contributed by atoms with Gasteiger partial charge in [0, 0.05) is 10.3 Å². The molecular formula is C14H12BrClS. The van der Waals surface area contributed by atoms with Crippen LogP contribution in [0, 0.1) is 0 Å². The lowest BCUT2D eigenvalue weighted by Gasteiger charge is -2.22. The molecular weight excluding hydrogens is 316 g/mol. The van der Waals surface area contributed by atoms with Crippen molar-refractivity contribution < 1.29 is 0 Å². The third-order valence-electron chi connectivity index (χ3n) is 3.50. The van der Waals surface area contributed by atoms with E-state index in [1.807, 2.05) is 6.07 Å². The fourth-order valence-electron chi connectivity index (χ4n) is 2.33. The molecule has 1 heterocycles. The van der Waals surface area contributed by atoms with Gasteiger partial charge < -0.3 is 0 Å². The Kier molecular flexibility index (Phi) is 3.06. The lowest BCUT2D eigenvalue weighted by atomic mass is 9.92. The van der Waals surface area contributed by atoms with E-state index in [1.54, 1.807) is 11.3 Å². The van der Waals surface area contributed by atoms with Crippen LogP contribution in [0.4, 0.5) is 0 Å². The third kappa shape index (κ3) is 1.96. The van der Waals surface area contributed by atoms with Crippen LogP contribution in [0.1, 0.15) is 28.1 Å². The Hall–Kier alpha value is -0.310. The predicted molar refractivity (Wildman–Crippen MR) is 78.4 cm³/mol. The molecule has 3 heteroatoms. The molecule has 1 aromatic heterocycles. The standard InChI is InChI=1S/C14H12BrClS/c15-13(12-11(16)6-9-17-12)14(7-8-14)10-4-2-1-3-5-10/h1-6,9,13H,7-8H2. The topological polar surface area (TPSA) is 0 Å². The van der Waals surface area contributed by atoms with Crippen molar-refractivity contribution in [2.75, 3.05) is 0 Å². The fraction of sp³-hybridized carbons (Fsp3) is 0.286. The Morgan fingerprint density at radius 2 is 1.88 bits per heavy atom. The number of thiophene rings is 1. The zero-order valence-corrected chi connectivity index (χ0v) is 12.4. The van der Waals surface area contributed by atoms with E-state index < -0.39 is 0 Å². The molecule has 0 aliphatic heterocycles. The van der Waals surface area contributed by atoms with Crippen LogP contribution < -0.4 is 0 Å². The summed E-state index contributed by atoms with van der Waals surface area (Å²) in [6.45, 7) is 0. The molecule has 1 unspecified atom stereocenters. The highest BCUT2D eigenvalue weighted by Crippen LogP contribution is 2.61. The second-order valence-corrected chi connectivity index (χ2v) is 6.79. The van der Waals surface area contributed by atoms with Gasteiger partial charge in [-0.1, -0.05) is 57.9 Å². The maximum absolute atomic E-state index is 6.24. The van der Waals surface area contributed by atoms with Gasteiger partial charge in [0.1, 0.15) is 0 Å². The molecule has 2 aromatic rings. The van der Waals surface area contributed by atoms with Crippen LogP contribution in [0.15, 0.2) is 41.8 Å². The molecule has 3 rings (SSSR count). The number of halogens is 2. The number of benzene rings is 1. The first-order chi connectivity index (χ1) is 8.24. The molecule has 0 amide bonds. The molecule has 0 radical (unpaired) electrons. The van der Waals surface area contributed by atoms with Crippen LogP contribution in [-0.4, -0.2) is 0 Å². The van der Waals surface area contributed by atoms with Gasteiger partial charge in [-0.2, -0.15) is 0 Å². The van der Waals surface area contributed by atoms with Crippen molar-refractivity contribution in [3.8, 4) is 0 Å². The molecule has 88 valence electrons. The van der Waals surface area contributed by atoms with E-state index in [2.05, 4.69) is 51.6 Å². The van der Waals surface area contributed by atoms with Gasteiger partial charge in [0.15, 0.2) is 0 Å². The summed E-state index contributed by atoms with van der Waals surface area (Å²) < 4.78 is 0. The van der Waals surface area contributed by atoms with Crippen LogP contribution in [-0.2, 0) is 5.41 Å². The number of hydrogen-bond acceptors (Lipinski definition) is 1. The van der Waals surface area contributed by atoms with Gasteiger partial charge in [-0.15, -0.1) is 11.3 Å². The molecule has 1 aliphatic rings. The molecule has 1 fully saturated rings. The minimum atomic E-state index is 0.260. The largest absolute Gasteiger partial charge is 0.146 e. The zero-order chi connectivity index (χ0) is 11.9. The Labute approximate surface area is 119 Å². The molecule has 1 atom stereocenters. The first-order valence-electron chi connectivity index (χ1n) is 5.66. The zero-order valence-electron chi connectivity index (χ0n) is 9.20. The summed E-state index contributed by atoms with van der Waals surface area (Å²) >= 11 is 11.8. The SMILES string of the molecule is Clc1ccsc1C(Br)C1(c2ccccc2)CC1. The molecule has 0 saturated heterocycles. The molecule has 1 aromatic carbocycles. The highest BCUT2D eigenvalue weighted by Gasteiger charge is 2.51. The molecule has 0 spiro atoms. The summed E-state index contributed by atoms with van der Waals surface area (Å²) in [6, 6.07) is 12.7. The first kappa shape index (κ1) is 11.8. The van der Waals surface area contributed by atoms with Crippen LogP contribution in [0.3, 0.4) is 0 Å². The average Bonchev–Trinajstić information content (AvgIpc) is 3.07. The quantitative estimate of drug-likeness (QED) is 0.647. The number of rotatable bonds is 3. The smallest absolute Gasteiger partial charge is 0.0600 e. The van der Waals surface area contributed by atoms with E-state index in [9.17, 15) is 0 Å².